The van der Waals surface area contributed by atoms with Crippen LogP contribution in [0.25, 0.3) is 0 Å². The molecule has 8 rings (SSSR count). The Morgan fingerprint density at radius 3 is 1.50 bits per heavy atom. The van der Waals surface area contributed by atoms with Crippen molar-refractivity contribution in [2.45, 2.75) is 33.4 Å². The molecule has 12 nitrogen and oxygen atoms in total. The second-order valence-electron chi connectivity index (χ2n) is 14.0. The lowest BCUT2D eigenvalue weighted by atomic mass is 9.82. The Kier molecular flexibility index (Phi) is 8.67. The number of fused-ring (bicyclic) bond motifs is 4. The number of hydrogen-bond donors (Lipinski definition) is 1. The first-order valence-corrected chi connectivity index (χ1v) is 21.6. The molecular weight excluding hydrogens is 749 g/mol. The maximum Gasteiger partial charge on any atom is 0.294 e. The molecule has 0 amide bonds. The number of rotatable bonds is 8. The van der Waals surface area contributed by atoms with Gasteiger partial charge in [-0.05, 0) is 72.0 Å². The summed E-state index contributed by atoms with van der Waals surface area (Å²) in [5.41, 5.74) is 6.82. The highest BCUT2D eigenvalue weighted by Crippen LogP contribution is 2.52. The lowest BCUT2D eigenvalue weighted by Crippen LogP contribution is -2.22. The van der Waals surface area contributed by atoms with Gasteiger partial charge in [-0.15, -0.1) is 0 Å². The normalized spacial score (nSPS) is 15.6. The first-order chi connectivity index (χ1) is 25.6. The topological polar surface area (TPSA) is 145 Å². The van der Waals surface area contributed by atoms with Gasteiger partial charge in [0.2, 0.25) is 20.0 Å². The van der Waals surface area contributed by atoms with Gasteiger partial charge in [0.25, 0.3) is 10.1 Å². The van der Waals surface area contributed by atoms with Gasteiger partial charge in [0, 0.05) is 93.2 Å². The Labute approximate surface area is 315 Å². The molecular formula is C39H38N4O8S3. The highest BCUT2D eigenvalue weighted by atomic mass is 32.2. The maximum atomic E-state index is 13.0. The number of nitrogens with zero attached hydrogens (tertiary/aromatic N) is 4. The highest BCUT2D eigenvalue weighted by molar-refractivity contribution is 7.89. The molecule has 0 aliphatic carbocycles. The summed E-state index contributed by atoms with van der Waals surface area (Å²) in [7, 11) is -5.96. The molecule has 0 aromatic heterocycles. The van der Waals surface area contributed by atoms with Crippen molar-refractivity contribution in [2.24, 2.45) is 0 Å². The van der Waals surface area contributed by atoms with Crippen molar-refractivity contribution in [3.05, 3.63) is 125 Å². The Hall–Kier alpha value is -4.77. The molecule has 0 radical (unpaired) electrons. The third kappa shape index (κ3) is 5.95. The van der Waals surface area contributed by atoms with Crippen LogP contribution in [-0.4, -0.2) is 79.7 Å². The number of benzene rings is 5. The molecule has 0 spiro atoms. The third-order valence-electron chi connectivity index (χ3n) is 10.4. The van der Waals surface area contributed by atoms with Crippen LogP contribution in [0.15, 0.2) is 112 Å². The third-order valence-corrected chi connectivity index (χ3v) is 15.0. The molecule has 0 fully saturated rings. The molecule has 1 N–H and O–H groups in total. The van der Waals surface area contributed by atoms with Crippen molar-refractivity contribution < 1.29 is 34.5 Å². The summed E-state index contributed by atoms with van der Waals surface area (Å²) in [6.07, 6.45) is 1.42. The number of anilines is 4. The molecule has 0 saturated carbocycles. The van der Waals surface area contributed by atoms with E-state index in [1.54, 1.807) is 42.5 Å². The Balaban J connectivity index is 1.25. The van der Waals surface area contributed by atoms with Gasteiger partial charge in [-0.25, -0.2) is 25.4 Å². The van der Waals surface area contributed by atoms with Crippen molar-refractivity contribution in [1.82, 2.24) is 8.61 Å². The largest absolute Gasteiger partial charge is 0.457 e. The zero-order valence-electron chi connectivity index (χ0n) is 30.0. The second kappa shape index (κ2) is 12.9. The molecule has 5 aromatic carbocycles. The van der Waals surface area contributed by atoms with E-state index in [0.29, 0.717) is 54.1 Å². The molecule has 15 heteroatoms. The molecule has 0 bridgehead atoms. The number of ether oxygens (including phenoxy) is 1. The second-order valence-corrected chi connectivity index (χ2v) is 19.6. The van der Waals surface area contributed by atoms with Gasteiger partial charge >= 0.3 is 0 Å². The SMILES string of the molecule is CN(C)S(=O)(=O)c1ccc2c(c1)N(c1ccc3c(c1)Oc1cc(N4CCc5ccc(S(=O)(=O)N(C)C)cc54)ccc1C3c1ccccc1S(=O)(=O)O)CC2. The van der Waals surface area contributed by atoms with Crippen molar-refractivity contribution in [2.75, 3.05) is 51.1 Å². The van der Waals surface area contributed by atoms with Gasteiger partial charge < -0.3 is 14.5 Å². The van der Waals surface area contributed by atoms with Crippen LogP contribution < -0.4 is 14.5 Å². The first kappa shape index (κ1) is 36.2. The molecule has 0 unspecified atom stereocenters. The van der Waals surface area contributed by atoms with Gasteiger partial charge in [0.1, 0.15) is 11.5 Å². The van der Waals surface area contributed by atoms with Crippen LogP contribution >= 0.6 is 0 Å². The average Bonchev–Trinajstić information content (AvgIpc) is 3.77. The predicted octanol–water partition coefficient (Wildman–Crippen LogP) is 6.11. The highest BCUT2D eigenvalue weighted by Gasteiger charge is 2.35. The summed E-state index contributed by atoms with van der Waals surface area (Å²) in [6, 6.07) is 28.0. The summed E-state index contributed by atoms with van der Waals surface area (Å²) in [4.78, 5) is 4.24. The average molecular weight is 787 g/mol. The summed E-state index contributed by atoms with van der Waals surface area (Å²) in [6.45, 7) is 1.21. The van der Waals surface area contributed by atoms with Crippen molar-refractivity contribution >= 4 is 52.9 Å². The van der Waals surface area contributed by atoms with E-state index in [1.165, 1.54) is 42.9 Å². The van der Waals surface area contributed by atoms with Gasteiger partial charge in [0.05, 0.1) is 14.7 Å². The van der Waals surface area contributed by atoms with Gasteiger partial charge in [0.15, 0.2) is 0 Å². The van der Waals surface area contributed by atoms with E-state index < -0.39 is 36.1 Å². The minimum Gasteiger partial charge on any atom is -0.457 e. The maximum absolute atomic E-state index is 13.0. The molecule has 5 aromatic rings. The van der Waals surface area contributed by atoms with E-state index >= 15 is 0 Å². The van der Waals surface area contributed by atoms with Crippen LogP contribution in [0.2, 0.25) is 0 Å². The smallest absolute Gasteiger partial charge is 0.294 e. The van der Waals surface area contributed by atoms with Crippen LogP contribution in [0.4, 0.5) is 22.7 Å². The minimum absolute atomic E-state index is 0.186. The first-order valence-electron chi connectivity index (χ1n) is 17.2. The van der Waals surface area contributed by atoms with Crippen LogP contribution in [0.3, 0.4) is 0 Å². The standard InChI is InChI=1S/C39H38N4O8S3/c1-40(2)52(44,45)29-13-9-25-17-19-42(34(25)23-29)27-11-15-31-36(21-27)51-37-22-28(12-16-32(37)39(31)33-7-5-6-8-38(33)54(48,49)50)43-20-18-26-10-14-30(24-35(26)43)53(46,47)41(3)4/h5-16,21-24,39H,17-20H2,1-4H3,(H,48,49,50). The lowest BCUT2D eigenvalue weighted by molar-refractivity contribution is 0.451. The van der Waals surface area contributed by atoms with Crippen LogP contribution in [0.1, 0.15) is 33.7 Å². The molecule has 3 aliphatic rings. The fraction of sp³-hybridized carbons (Fsp3) is 0.231. The summed E-state index contributed by atoms with van der Waals surface area (Å²) in [5, 5.41) is 0. The van der Waals surface area contributed by atoms with E-state index in [-0.39, 0.29) is 14.7 Å². The minimum atomic E-state index is -4.60. The van der Waals surface area contributed by atoms with E-state index in [1.807, 2.05) is 58.3 Å². The predicted molar refractivity (Wildman–Crippen MR) is 206 cm³/mol. The fourth-order valence-electron chi connectivity index (χ4n) is 7.61. The molecule has 3 heterocycles. The molecule has 54 heavy (non-hydrogen) atoms. The van der Waals surface area contributed by atoms with Gasteiger partial charge in [-0.3, -0.25) is 4.55 Å². The Bertz CT molecular complexity index is 2550. The summed E-state index contributed by atoms with van der Waals surface area (Å²) < 4.78 is 96.9. The van der Waals surface area contributed by atoms with E-state index in [9.17, 15) is 29.8 Å². The molecule has 0 saturated heterocycles. The fourth-order valence-corrected chi connectivity index (χ4v) is 10.2. The molecule has 3 aliphatic heterocycles. The molecule has 280 valence electrons. The van der Waals surface area contributed by atoms with E-state index in [4.69, 9.17) is 4.74 Å². The van der Waals surface area contributed by atoms with Crippen LogP contribution in [0.5, 0.6) is 11.5 Å². The molecule has 0 atom stereocenters. The van der Waals surface area contributed by atoms with E-state index in [0.717, 1.165) is 33.9 Å². The summed E-state index contributed by atoms with van der Waals surface area (Å²) >= 11 is 0. The Morgan fingerprint density at radius 1 is 0.593 bits per heavy atom. The van der Waals surface area contributed by atoms with Gasteiger partial charge in [-0.1, -0.05) is 42.5 Å². The zero-order chi connectivity index (χ0) is 38.3. The number of hydrogen-bond acceptors (Lipinski definition) is 9. The van der Waals surface area contributed by atoms with Crippen molar-refractivity contribution in [3.8, 4) is 11.5 Å². The van der Waals surface area contributed by atoms with Crippen molar-refractivity contribution in [1.29, 1.82) is 0 Å². The summed E-state index contributed by atoms with van der Waals surface area (Å²) in [5.74, 6) is 0.299. The van der Waals surface area contributed by atoms with Crippen LogP contribution in [-0.2, 0) is 43.0 Å². The van der Waals surface area contributed by atoms with E-state index in [2.05, 4.69) is 0 Å². The monoisotopic (exact) mass is 786 g/mol. The van der Waals surface area contributed by atoms with Crippen molar-refractivity contribution in [3.63, 3.8) is 0 Å². The Morgan fingerprint density at radius 2 is 1.06 bits per heavy atom. The quantitative estimate of drug-likeness (QED) is 0.180. The van der Waals surface area contributed by atoms with Crippen LogP contribution in [0, 0.1) is 0 Å². The number of sulfonamides is 2. The van der Waals surface area contributed by atoms with Gasteiger partial charge in [-0.2, -0.15) is 8.42 Å². The lowest BCUT2D eigenvalue weighted by Gasteiger charge is -2.32. The zero-order valence-corrected chi connectivity index (χ0v) is 32.4.